The van der Waals surface area contributed by atoms with Crippen molar-refractivity contribution >= 4 is 17.8 Å². The van der Waals surface area contributed by atoms with Gasteiger partial charge < -0.3 is 4.84 Å². The molecule has 0 radical (unpaired) electrons. The third kappa shape index (κ3) is 1.89. The van der Waals surface area contributed by atoms with Gasteiger partial charge in [-0.1, -0.05) is 17.2 Å². The molecule has 0 aromatic heterocycles. The zero-order valence-corrected chi connectivity index (χ0v) is 11.0. The Morgan fingerprint density at radius 3 is 2.30 bits per heavy atom. The van der Waals surface area contributed by atoms with Gasteiger partial charge in [0.2, 0.25) is 0 Å². The van der Waals surface area contributed by atoms with Crippen LogP contribution >= 0.6 is 0 Å². The maximum atomic E-state index is 12.1. The molecule has 0 spiro atoms. The molecule has 2 heterocycles. The number of likely N-dealkylation sites (N-methyl/N-ethyl adjacent to an activating group) is 1. The molecule has 0 aliphatic carbocycles. The molecule has 104 valence electrons. The standard InChI is InChI=1S/C14H14N2O4/c1-15-8-4-7-11(15)14(19)20-16-12(17)9-5-2-3-6-10(9)13(16)18/h2-3,5-6,11H,4,7-8H2,1H3/t11-/m0/s1. The van der Waals surface area contributed by atoms with Gasteiger partial charge in [0.05, 0.1) is 11.1 Å². The number of hydroxylamine groups is 2. The van der Waals surface area contributed by atoms with Gasteiger partial charge in [-0.15, -0.1) is 0 Å². The lowest BCUT2D eigenvalue weighted by molar-refractivity contribution is -0.173. The molecule has 1 aromatic carbocycles. The van der Waals surface area contributed by atoms with Gasteiger partial charge in [-0.05, 0) is 38.6 Å². The molecule has 1 saturated heterocycles. The van der Waals surface area contributed by atoms with E-state index < -0.39 is 17.8 Å². The molecule has 0 saturated carbocycles. The molecule has 2 amide bonds. The molecule has 0 bridgehead atoms. The minimum atomic E-state index is -0.584. The lowest BCUT2D eigenvalue weighted by Crippen LogP contribution is -2.41. The Balaban J connectivity index is 1.78. The van der Waals surface area contributed by atoms with Gasteiger partial charge in [-0.25, -0.2) is 4.79 Å². The molecular weight excluding hydrogens is 260 g/mol. The molecule has 0 N–H and O–H groups in total. The summed E-state index contributed by atoms with van der Waals surface area (Å²) in [4.78, 5) is 43.0. The summed E-state index contributed by atoms with van der Waals surface area (Å²) < 4.78 is 0. The summed E-state index contributed by atoms with van der Waals surface area (Å²) >= 11 is 0. The van der Waals surface area contributed by atoms with Gasteiger partial charge in [-0.2, -0.15) is 0 Å². The van der Waals surface area contributed by atoms with Crippen molar-refractivity contribution in [2.45, 2.75) is 18.9 Å². The second-order valence-corrected chi connectivity index (χ2v) is 5.00. The first-order valence-corrected chi connectivity index (χ1v) is 6.49. The van der Waals surface area contributed by atoms with E-state index in [-0.39, 0.29) is 17.2 Å². The van der Waals surface area contributed by atoms with Crippen LogP contribution in [0.5, 0.6) is 0 Å². The predicted molar refractivity (Wildman–Crippen MR) is 68.7 cm³/mol. The molecule has 20 heavy (non-hydrogen) atoms. The van der Waals surface area contributed by atoms with Crippen molar-refractivity contribution in [1.29, 1.82) is 0 Å². The van der Waals surface area contributed by atoms with Crippen molar-refractivity contribution in [1.82, 2.24) is 9.96 Å². The smallest absolute Gasteiger partial charge is 0.328 e. The van der Waals surface area contributed by atoms with Crippen LogP contribution in [0.15, 0.2) is 24.3 Å². The minimum Gasteiger partial charge on any atom is -0.328 e. The number of carbonyl (C=O) groups excluding carboxylic acids is 3. The van der Waals surface area contributed by atoms with Crippen molar-refractivity contribution in [3.05, 3.63) is 35.4 Å². The van der Waals surface area contributed by atoms with Gasteiger partial charge in [-0.3, -0.25) is 14.5 Å². The first kappa shape index (κ1) is 12.8. The zero-order valence-electron chi connectivity index (χ0n) is 11.0. The van der Waals surface area contributed by atoms with Gasteiger partial charge in [0, 0.05) is 0 Å². The number of imide groups is 1. The Morgan fingerprint density at radius 2 is 1.80 bits per heavy atom. The van der Waals surface area contributed by atoms with Crippen LogP contribution in [0.1, 0.15) is 33.6 Å². The van der Waals surface area contributed by atoms with Crippen molar-refractivity contribution in [3.8, 4) is 0 Å². The largest absolute Gasteiger partial charge is 0.350 e. The van der Waals surface area contributed by atoms with Gasteiger partial charge >= 0.3 is 5.97 Å². The second kappa shape index (κ2) is 4.72. The van der Waals surface area contributed by atoms with Crippen LogP contribution in [-0.4, -0.2) is 47.4 Å². The van der Waals surface area contributed by atoms with E-state index in [9.17, 15) is 14.4 Å². The van der Waals surface area contributed by atoms with Crippen molar-refractivity contribution in [3.63, 3.8) is 0 Å². The van der Waals surface area contributed by atoms with E-state index >= 15 is 0 Å². The second-order valence-electron chi connectivity index (χ2n) is 5.00. The molecule has 1 atom stereocenters. The number of nitrogens with zero attached hydrogens (tertiary/aromatic N) is 2. The fourth-order valence-electron chi connectivity index (χ4n) is 2.61. The van der Waals surface area contributed by atoms with Crippen LogP contribution < -0.4 is 0 Å². The highest BCUT2D eigenvalue weighted by Gasteiger charge is 2.40. The number of hydrogen-bond donors (Lipinski definition) is 0. The first-order chi connectivity index (χ1) is 9.59. The van der Waals surface area contributed by atoms with E-state index in [1.807, 2.05) is 11.9 Å². The van der Waals surface area contributed by atoms with Crippen LogP contribution in [0.3, 0.4) is 0 Å². The average Bonchev–Trinajstić information content (AvgIpc) is 2.97. The molecule has 6 nitrogen and oxygen atoms in total. The summed E-state index contributed by atoms with van der Waals surface area (Å²) in [5.41, 5.74) is 0.537. The molecule has 6 heteroatoms. The summed E-state index contributed by atoms with van der Waals surface area (Å²) in [6.45, 7) is 0.807. The molecule has 0 unspecified atom stereocenters. The minimum absolute atomic E-state index is 0.269. The number of benzene rings is 1. The summed E-state index contributed by atoms with van der Waals surface area (Å²) in [6.07, 6.45) is 1.58. The fourth-order valence-corrected chi connectivity index (χ4v) is 2.61. The Hall–Kier alpha value is -2.21. The molecular formula is C14H14N2O4. The highest BCUT2D eigenvalue weighted by atomic mass is 16.7. The zero-order chi connectivity index (χ0) is 14.3. The molecule has 1 fully saturated rings. The van der Waals surface area contributed by atoms with Crippen molar-refractivity contribution < 1.29 is 19.2 Å². The quantitative estimate of drug-likeness (QED) is 0.747. The molecule has 2 aliphatic rings. The van der Waals surface area contributed by atoms with Crippen molar-refractivity contribution in [2.24, 2.45) is 0 Å². The van der Waals surface area contributed by atoms with Gasteiger partial charge in [0.1, 0.15) is 6.04 Å². The number of hydrogen-bond acceptors (Lipinski definition) is 5. The summed E-state index contributed by atoms with van der Waals surface area (Å²) in [5, 5.41) is 0.569. The van der Waals surface area contributed by atoms with E-state index in [0.29, 0.717) is 11.5 Å². The van der Waals surface area contributed by atoms with Crippen LogP contribution in [0.2, 0.25) is 0 Å². The monoisotopic (exact) mass is 274 g/mol. The number of likely N-dealkylation sites (tertiary alicyclic amines) is 1. The van der Waals surface area contributed by atoms with E-state index in [4.69, 9.17) is 4.84 Å². The van der Waals surface area contributed by atoms with E-state index in [0.717, 1.165) is 13.0 Å². The number of amides is 2. The van der Waals surface area contributed by atoms with E-state index in [1.165, 1.54) is 0 Å². The normalized spacial score (nSPS) is 22.2. The molecule has 3 rings (SSSR count). The van der Waals surface area contributed by atoms with Crippen LogP contribution in [0.4, 0.5) is 0 Å². The Kier molecular flexibility index (Phi) is 3.02. The number of carbonyl (C=O) groups is 3. The summed E-state index contributed by atoms with van der Waals surface area (Å²) in [7, 11) is 1.82. The van der Waals surface area contributed by atoms with Gasteiger partial charge in [0.15, 0.2) is 0 Å². The maximum Gasteiger partial charge on any atom is 0.350 e. The number of fused-ring (bicyclic) bond motifs is 1. The lowest BCUT2D eigenvalue weighted by atomic mass is 10.1. The third-order valence-electron chi connectivity index (χ3n) is 3.73. The number of rotatable bonds is 2. The molecule has 1 aromatic rings. The van der Waals surface area contributed by atoms with E-state index in [1.54, 1.807) is 24.3 Å². The Morgan fingerprint density at radius 1 is 1.20 bits per heavy atom. The van der Waals surface area contributed by atoms with Crippen LogP contribution in [0, 0.1) is 0 Å². The highest BCUT2D eigenvalue weighted by molar-refractivity contribution is 6.20. The summed E-state index contributed by atoms with van der Waals surface area (Å²) in [5.74, 6) is -1.72. The predicted octanol–water partition coefficient (Wildman–Crippen LogP) is 0.835. The van der Waals surface area contributed by atoms with Crippen LogP contribution in [-0.2, 0) is 9.63 Å². The topological polar surface area (TPSA) is 66.9 Å². The van der Waals surface area contributed by atoms with Crippen LogP contribution in [0.25, 0.3) is 0 Å². The molecule has 2 aliphatic heterocycles. The third-order valence-corrected chi connectivity index (χ3v) is 3.73. The SMILES string of the molecule is CN1CCC[C@H]1C(=O)ON1C(=O)c2ccccc2C1=O. The van der Waals surface area contributed by atoms with Gasteiger partial charge in [0.25, 0.3) is 11.8 Å². The maximum absolute atomic E-state index is 12.1. The summed E-state index contributed by atoms with van der Waals surface area (Å²) in [6, 6.07) is 6.04. The van der Waals surface area contributed by atoms with Crippen molar-refractivity contribution in [2.75, 3.05) is 13.6 Å². The Labute approximate surface area is 115 Å². The fraction of sp³-hybridized carbons (Fsp3) is 0.357. The highest BCUT2D eigenvalue weighted by Crippen LogP contribution is 2.24. The first-order valence-electron chi connectivity index (χ1n) is 6.49. The average molecular weight is 274 g/mol. The van der Waals surface area contributed by atoms with E-state index in [2.05, 4.69) is 0 Å². The Bertz CT molecular complexity index is 564. The lowest BCUT2D eigenvalue weighted by Gasteiger charge is -2.20.